The average Bonchev–Trinajstić information content (AvgIpc) is 3.06. The van der Waals surface area contributed by atoms with Crippen LogP contribution >= 0.6 is 0 Å². The van der Waals surface area contributed by atoms with Crippen molar-refractivity contribution in [1.82, 2.24) is 10.6 Å². The molecular weight excluding hydrogens is 318 g/mol. The summed E-state index contributed by atoms with van der Waals surface area (Å²) in [4.78, 5) is 24.1. The fraction of sp³-hybridized carbons (Fsp3) is 0.529. The van der Waals surface area contributed by atoms with Crippen molar-refractivity contribution in [3.8, 4) is 0 Å². The molecule has 2 saturated heterocycles. The first kappa shape index (κ1) is 16.8. The van der Waals surface area contributed by atoms with Crippen LogP contribution in [0.25, 0.3) is 0 Å². The van der Waals surface area contributed by atoms with Gasteiger partial charge in [-0.05, 0) is 37.8 Å². The molecule has 2 fully saturated rings. The minimum atomic E-state index is -0.899. The van der Waals surface area contributed by atoms with Gasteiger partial charge in [-0.1, -0.05) is 0 Å². The van der Waals surface area contributed by atoms with Crippen molar-refractivity contribution in [2.75, 3.05) is 6.61 Å². The van der Waals surface area contributed by atoms with E-state index in [0.717, 1.165) is 12.8 Å². The van der Waals surface area contributed by atoms with Crippen LogP contribution in [0.3, 0.4) is 0 Å². The molecule has 1 aromatic rings. The first-order valence-corrected chi connectivity index (χ1v) is 8.13. The number of hydrogen-bond donors (Lipinski definition) is 2. The third-order valence-electron chi connectivity index (χ3n) is 4.62. The lowest BCUT2D eigenvalue weighted by Gasteiger charge is -2.36. The van der Waals surface area contributed by atoms with E-state index in [2.05, 4.69) is 10.6 Å². The Morgan fingerprint density at radius 2 is 2.08 bits per heavy atom. The highest BCUT2D eigenvalue weighted by Crippen LogP contribution is 2.23. The van der Waals surface area contributed by atoms with Crippen LogP contribution in [-0.2, 0) is 9.53 Å². The van der Waals surface area contributed by atoms with E-state index in [1.54, 1.807) is 0 Å². The summed E-state index contributed by atoms with van der Waals surface area (Å²) in [5, 5.41) is 5.64. The highest BCUT2D eigenvalue weighted by molar-refractivity contribution is 5.95. The number of piperidine rings is 1. The van der Waals surface area contributed by atoms with Crippen LogP contribution in [-0.4, -0.2) is 36.6 Å². The number of carbonyl (C=O) groups is 2. The number of benzene rings is 1. The Bertz CT molecular complexity index is 659. The maximum atomic E-state index is 13.9. The Morgan fingerprint density at radius 3 is 2.79 bits per heavy atom. The smallest absolute Gasteiger partial charge is 0.254 e. The predicted molar refractivity (Wildman–Crippen MR) is 82.5 cm³/mol. The zero-order valence-electron chi connectivity index (χ0n) is 13.4. The monoisotopic (exact) mass is 338 g/mol. The molecule has 2 aliphatic rings. The van der Waals surface area contributed by atoms with Gasteiger partial charge < -0.3 is 15.4 Å². The molecule has 1 aromatic carbocycles. The molecule has 0 saturated carbocycles. The van der Waals surface area contributed by atoms with E-state index in [4.69, 9.17) is 4.74 Å². The number of amides is 2. The molecule has 0 bridgehead atoms. The Labute approximate surface area is 138 Å². The van der Waals surface area contributed by atoms with Crippen LogP contribution in [0.2, 0.25) is 0 Å². The van der Waals surface area contributed by atoms with E-state index < -0.39 is 17.5 Å². The maximum Gasteiger partial charge on any atom is 0.254 e. The van der Waals surface area contributed by atoms with Gasteiger partial charge in [0.1, 0.15) is 11.6 Å². The molecule has 3 atom stereocenters. The highest BCUT2D eigenvalue weighted by Gasteiger charge is 2.37. The van der Waals surface area contributed by atoms with Gasteiger partial charge in [0.25, 0.3) is 5.91 Å². The minimum Gasteiger partial charge on any atom is -0.376 e. The molecule has 0 aromatic heterocycles. The van der Waals surface area contributed by atoms with Crippen molar-refractivity contribution in [1.29, 1.82) is 0 Å². The van der Waals surface area contributed by atoms with Crippen LogP contribution in [0.15, 0.2) is 12.1 Å². The van der Waals surface area contributed by atoms with Crippen molar-refractivity contribution in [2.45, 2.75) is 50.8 Å². The quantitative estimate of drug-likeness (QED) is 0.884. The van der Waals surface area contributed by atoms with Crippen molar-refractivity contribution in [2.24, 2.45) is 0 Å². The van der Waals surface area contributed by atoms with E-state index in [-0.39, 0.29) is 35.2 Å². The van der Waals surface area contributed by atoms with Crippen LogP contribution in [0.4, 0.5) is 8.78 Å². The van der Waals surface area contributed by atoms with Gasteiger partial charge in [-0.25, -0.2) is 8.78 Å². The molecule has 24 heavy (non-hydrogen) atoms. The molecule has 7 heteroatoms. The van der Waals surface area contributed by atoms with E-state index in [1.807, 2.05) is 0 Å². The fourth-order valence-corrected chi connectivity index (χ4v) is 3.30. The van der Waals surface area contributed by atoms with Crippen LogP contribution in [0, 0.1) is 18.6 Å². The summed E-state index contributed by atoms with van der Waals surface area (Å²) in [5.74, 6) is -2.28. The molecule has 2 heterocycles. The number of rotatable bonds is 3. The van der Waals surface area contributed by atoms with Crippen molar-refractivity contribution in [3.05, 3.63) is 34.9 Å². The fourth-order valence-electron chi connectivity index (χ4n) is 3.30. The van der Waals surface area contributed by atoms with E-state index in [0.29, 0.717) is 25.5 Å². The third-order valence-corrected chi connectivity index (χ3v) is 4.62. The number of halogens is 2. The zero-order chi connectivity index (χ0) is 17.3. The largest absolute Gasteiger partial charge is 0.376 e. The zero-order valence-corrected chi connectivity index (χ0v) is 13.4. The summed E-state index contributed by atoms with van der Waals surface area (Å²) >= 11 is 0. The number of aryl methyl sites for hydroxylation is 1. The van der Waals surface area contributed by atoms with Gasteiger partial charge in [0.05, 0.1) is 23.8 Å². The molecule has 0 spiro atoms. The minimum absolute atomic E-state index is 0.0789. The predicted octanol–water partition coefficient (Wildman–Crippen LogP) is 1.83. The molecule has 2 N–H and O–H groups in total. The molecule has 5 nitrogen and oxygen atoms in total. The van der Waals surface area contributed by atoms with Crippen molar-refractivity contribution in [3.63, 3.8) is 0 Å². The standard InChI is InChI=1S/C17H20F2N2O3/c1-9-7-10(12(19)8-11(9)18)17(23)20-13-4-5-15(22)21-16(13)14-3-2-6-24-14/h7-8,13-14,16H,2-6H2,1H3,(H,20,23)(H,21,22)/t13-,14?,16-/m0/s1. The second kappa shape index (κ2) is 6.84. The van der Waals surface area contributed by atoms with Gasteiger partial charge in [-0.2, -0.15) is 0 Å². The first-order valence-electron chi connectivity index (χ1n) is 8.13. The summed E-state index contributed by atoms with van der Waals surface area (Å²) in [7, 11) is 0. The highest BCUT2D eigenvalue weighted by atomic mass is 19.1. The van der Waals surface area contributed by atoms with Gasteiger partial charge in [0.2, 0.25) is 5.91 Å². The topological polar surface area (TPSA) is 67.4 Å². The second-order valence-electron chi connectivity index (χ2n) is 6.34. The SMILES string of the molecule is Cc1cc(C(=O)N[C@H]2CCC(=O)N[C@@H]2C2CCCO2)c(F)cc1F. The van der Waals surface area contributed by atoms with Gasteiger partial charge >= 0.3 is 0 Å². The lowest BCUT2D eigenvalue weighted by atomic mass is 9.92. The number of carbonyl (C=O) groups excluding carboxylic acids is 2. The normalized spacial score (nSPS) is 27.0. The number of nitrogens with one attached hydrogen (secondary N) is 2. The van der Waals surface area contributed by atoms with E-state index >= 15 is 0 Å². The summed E-state index contributed by atoms with van der Waals surface area (Å²) in [6, 6.07) is 1.23. The number of ether oxygens (including phenoxy) is 1. The Balaban J connectivity index is 1.76. The van der Waals surface area contributed by atoms with E-state index in [1.165, 1.54) is 13.0 Å². The molecule has 0 aliphatic carbocycles. The Morgan fingerprint density at radius 1 is 1.29 bits per heavy atom. The molecule has 2 amide bonds. The summed E-state index contributed by atoms with van der Waals surface area (Å²) in [6.07, 6.45) is 2.31. The molecule has 2 aliphatic heterocycles. The lowest BCUT2D eigenvalue weighted by Crippen LogP contribution is -2.60. The summed E-state index contributed by atoms with van der Waals surface area (Å²) in [6.45, 7) is 2.10. The summed E-state index contributed by atoms with van der Waals surface area (Å²) < 4.78 is 32.9. The Hall–Kier alpha value is -2.02. The van der Waals surface area contributed by atoms with Gasteiger partial charge in [0, 0.05) is 19.1 Å². The van der Waals surface area contributed by atoms with Crippen LogP contribution in [0.5, 0.6) is 0 Å². The lowest BCUT2D eigenvalue weighted by molar-refractivity contribution is -0.125. The van der Waals surface area contributed by atoms with Gasteiger partial charge in [0.15, 0.2) is 0 Å². The van der Waals surface area contributed by atoms with Crippen LogP contribution < -0.4 is 10.6 Å². The summed E-state index contributed by atoms with van der Waals surface area (Å²) in [5.41, 5.74) is 0.00561. The number of hydrogen-bond acceptors (Lipinski definition) is 3. The van der Waals surface area contributed by atoms with Crippen LogP contribution in [0.1, 0.15) is 41.6 Å². The molecular formula is C17H20F2N2O3. The maximum absolute atomic E-state index is 13.9. The van der Waals surface area contributed by atoms with Crippen molar-refractivity contribution < 1.29 is 23.1 Å². The molecule has 0 radical (unpaired) electrons. The van der Waals surface area contributed by atoms with E-state index in [9.17, 15) is 18.4 Å². The third kappa shape index (κ3) is 3.40. The molecule has 3 rings (SSSR count). The molecule has 1 unspecified atom stereocenters. The first-order chi connectivity index (χ1) is 11.5. The van der Waals surface area contributed by atoms with Gasteiger partial charge in [-0.15, -0.1) is 0 Å². The van der Waals surface area contributed by atoms with Crippen molar-refractivity contribution >= 4 is 11.8 Å². The average molecular weight is 338 g/mol. The second-order valence-corrected chi connectivity index (χ2v) is 6.34. The Kier molecular flexibility index (Phi) is 4.80. The van der Waals surface area contributed by atoms with Gasteiger partial charge in [-0.3, -0.25) is 9.59 Å². The molecule has 130 valence electrons.